The predicted molar refractivity (Wildman–Crippen MR) is 67.8 cm³/mol. The Bertz CT molecular complexity index is 427. The molecule has 0 aromatic heterocycles. The lowest BCUT2D eigenvalue weighted by Gasteiger charge is -2.10. The van der Waals surface area contributed by atoms with Gasteiger partial charge in [0.25, 0.3) is 0 Å². The number of benzene rings is 1. The molecule has 0 unspecified atom stereocenters. The van der Waals surface area contributed by atoms with Gasteiger partial charge in [-0.25, -0.2) is 0 Å². The number of nitrogens with one attached hydrogen (secondary N) is 2. The van der Waals surface area contributed by atoms with Crippen LogP contribution < -0.4 is 10.6 Å². The zero-order valence-electron chi connectivity index (χ0n) is 10.5. The molecule has 0 aliphatic heterocycles. The summed E-state index contributed by atoms with van der Waals surface area (Å²) in [5.74, 6) is -1.21. The molecule has 2 N–H and O–H groups in total. The maximum absolute atomic E-state index is 11.6. The van der Waals surface area contributed by atoms with E-state index in [-0.39, 0.29) is 0 Å². The van der Waals surface area contributed by atoms with E-state index in [1.807, 2.05) is 32.9 Å². The zero-order chi connectivity index (χ0) is 12.8. The van der Waals surface area contributed by atoms with E-state index in [9.17, 15) is 9.59 Å². The predicted octanol–water partition coefficient (Wildman–Crippen LogP) is 1.77. The van der Waals surface area contributed by atoms with Crippen molar-refractivity contribution >= 4 is 17.5 Å². The minimum absolute atomic E-state index is 0.513. The molecule has 0 heterocycles. The molecule has 0 bridgehead atoms. The van der Waals surface area contributed by atoms with Crippen LogP contribution in [-0.2, 0) is 9.59 Å². The summed E-state index contributed by atoms with van der Waals surface area (Å²) in [7, 11) is 0. The number of carbonyl (C=O) groups excluding carboxylic acids is 2. The van der Waals surface area contributed by atoms with Gasteiger partial charge in [0.2, 0.25) is 0 Å². The summed E-state index contributed by atoms with van der Waals surface area (Å²) >= 11 is 0. The van der Waals surface area contributed by atoms with Crippen LogP contribution in [0.5, 0.6) is 0 Å². The van der Waals surface area contributed by atoms with Crippen molar-refractivity contribution in [3.05, 3.63) is 29.3 Å². The maximum Gasteiger partial charge on any atom is 0.313 e. The third-order valence-electron chi connectivity index (χ3n) is 2.59. The van der Waals surface area contributed by atoms with Crippen molar-refractivity contribution in [2.75, 3.05) is 11.9 Å². The molecule has 2 amide bonds. The average molecular weight is 234 g/mol. The molecule has 17 heavy (non-hydrogen) atoms. The summed E-state index contributed by atoms with van der Waals surface area (Å²) in [6, 6.07) is 5.59. The van der Waals surface area contributed by atoms with Crippen molar-refractivity contribution in [1.29, 1.82) is 0 Å². The molecule has 4 nitrogen and oxygen atoms in total. The van der Waals surface area contributed by atoms with Crippen LogP contribution in [0, 0.1) is 13.8 Å². The molecule has 4 heteroatoms. The van der Waals surface area contributed by atoms with Gasteiger partial charge in [0.05, 0.1) is 0 Å². The Balaban J connectivity index is 2.68. The normalized spacial score (nSPS) is 9.82. The second-order valence-corrected chi connectivity index (χ2v) is 3.96. The van der Waals surface area contributed by atoms with Gasteiger partial charge in [-0.2, -0.15) is 0 Å². The highest BCUT2D eigenvalue weighted by atomic mass is 16.2. The van der Waals surface area contributed by atoms with Crippen LogP contribution in [0.4, 0.5) is 5.69 Å². The Morgan fingerprint density at radius 3 is 2.53 bits per heavy atom. The minimum atomic E-state index is -0.618. The topological polar surface area (TPSA) is 58.2 Å². The van der Waals surface area contributed by atoms with E-state index in [0.717, 1.165) is 17.5 Å². The fourth-order valence-corrected chi connectivity index (χ4v) is 1.38. The summed E-state index contributed by atoms with van der Waals surface area (Å²) in [5, 5.41) is 5.14. The lowest BCUT2D eigenvalue weighted by molar-refractivity contribution is -0.136. The van der Waals surface area contributed by atoms with Crippen LogP contribution in [0.3, 0.4) is 0 Å². The molecule has 0 fully saturated rings. The first-order chi connectivity index (χ1) is 8.06. The molecule has 92 valence electrons. The van der Waals surface area contributed by atoms with Crippen LogP contribution in [0.15, 0.2) is 18.2 Å². The Kier molecular flexibility index (Phi) is 4.69. The molecule has 1 aromatic rings. The van der Waals surface area contributed by atoms with Gasteiger partial charge in [-0.15, -0.1) is 0 Å². The fraction of sp³-hybridized carbons (Fsp3) is 0.385. The van der Waals surface area contributed by atoms with Crippen molar-refractivity contribution < 1.29 is 9.59 Å². The standard InChI is InChI=1S/C13H18N2O2/c1-4-8-14-12(16)13(17)15-11-7-5-6-9(2)10(11)3/h5-7H,4,8H2,1-3H3,(H,14,16)(H,15,17). The van der Waals surface area contributed by atoms with Gasteiger partial charge in [0, 0.05) is 12.2 Å². The zero-order valence-corrected chi connectivity index (χ0v) is 10.5. The maximum atomic E-state index is 11.6. The second-order valence-electron chi connectivity index (χ2n) is 3.96. The van der Waals surface area contributed by atoms with E-state index in [0.29, 0.717) is 12.2 Å². The van der Waals surface area contributed by atoms with E-state index in [2.05, 4.69) is 10.6 Å². The highest BCUT2D eigenvalue weighted by Gasteiger charge is 2.13. The molecule has 0 radical (unpaired) electrons. The molecule has 0 atom stereocenters. The van der Waals surface area contributed by atoms with Gasteiger partial charge in [-0.3, -0.25) is 9.59 Å². The van der Waals surface area contributed by atoms with Crippen LogP contribution in [0.25, 0.3) is 0 Å². The number of hydrogen-bond acceptors (Lipinski definition) is 2. The third kappa shape index (κ3) is 3.59. The van der Waals surface area contributed by atoms with E-state index in [4.69, 9.17) is 0 Å². The summed E-state index contributed by atoms with van der Waals surface area (Å²) in [4.78, 5) is 22.9. The van der Waals surface area contributed by atoms with Crippen LogP contribution in [-0.4, -0.2) is 18.4 Å². The van der Waals surface area contributed by atoms with Gasteiger partial charge < -0.3 is 10.6 Å². The number of aryl methyl sites for hydroxylation is 1. The Labute approximate surface area is 101 Å². The SMILES string of the molecule is CCCNC(=O)C(=O)Nc1cccc(C)c1C. The first kappa shape index (κ1) is 13.2. The van der Waals surface area contributed by atoms with Gasteiger partial charge in [-0.1, -0.05) is 19.1 Å². The van der Waals surface area contributed by atoms with E-state index >= 15 is 0 Å². The largest absolute Gasteiger partial charge is 0.348 e. The van der Waals surface area contributed by atoms with Crippen molar-refractivity contribution in [3.63, 3.8) is 0 Å². The van der Waals surface area contributed by atoms with Gasteiger partial charge in [-0.05, 0) is 37.5 Å². The number of anilines is 1. The van der Waals surface area contributed by atoms with E-state index in [1.54, 1.807) is 6.07 Å². The van der Waals surface area contributed by atoms with Crippen molar-refractivity contribution in [1.82, 2.24) is 5.32 Å². The summed E-state index contributed by atoms with van der Waals surface area (Å²) in [5.41, 5.74) is 2.74. The quantitative estimate of drug-likeness (QED) is 0.783. The van der Waals surface area contributed by atoms with Crippen LogP contribution >= 0.6 is 0 Å². The molecule has 0 aliphatic rings. The highest BCUT2D eigenvalue weighted by molar-refractivity contribution is 6.39. The lowest BCUT2D eigenvalue weighted by Crippen LogP contribution is -2.35. The molecule has 0 spiro atoms. The fourth-order valence-electron chi connectivity index (χ4n) is 1.38. The lowest BCUT2D eigenvalue weighted by atomic mass is 10.1. The monoisotopic (exact) mass is 234 g/mol. The number of carbonyl (C=O) groups is 2. The van der Waals surface area contributed by atoms with Crippen LogP contribution in [0.1, 0.15) is 24.5 Å². The molecule has 0 aliphatic carbocycles. The number of hydrogen-bond donors (Lipinski definition) is 2. The van der Waals surface area contributed by atoms with Gasteiger partial charge in [0.15, 0.2) is 0 Å². The third-order valence-corrected chi connectivity index (χ3v) is 2.59. The Hall–Kier alpha value is -1.84. The smallest absolute Gasteiger partial charge is 0.313 e. The van der Waals surface area contributed by atoms with Crippen molar-refractivity contribution in [3.8, 4) is 0 Å². The minimum Gasteiger partial charge on any atom is -0.348 e. The Morgan fingerprint density at radius 2 is 1.88 bits per heavy atom. The second kappa shape index (κ2) is 6.03. The van der Waals surface area contributed by atoms with Crippen molar-refractivity contribution in [2.24, 2.45) is 0 Å². The number of rotatable bonds is 3. The molecule has 0 saturated heterocycles. The summed E-state index contributed by atoms with van der Waals surface area (Å²) in [6.45, 7) is 6.32. The molecular formula is C13H18N2O2. The Morgan fingerprint density at radius 1 is 1.18 bits per heavy atom. The summed E-state index contributed by atoms with van der Waals surface area (Å²) < 4.78 is 0. The first-order valence-corrected chi connectivity index (χ1v) is 5.71. The van der Waals surface area contributed by atoms with Gasteiger partial charge >= 0.3 is 11.8 Å². The average Bonchev–Trinajstić information content (AvgIpc) is 2.31. The number of amides is 2. The molecular weight excluding hydrogens is 216 g/mol. The molecule has 1 aromatic carbocycles. The summed E-state index contributed by atoms with van der Waals surface area (Å²) in [6.07, 6.45) is 0.808. The molecule has 0 saturated carbocycles. The molecule has 1 rings (SSSR count). The van der Waals surface area contributed by atoms with Crippen molar-refractivity contribution in [2.45, 2.75) is 27.2 Å². The highest BCUT2D eigenvalue weighted by Crippen LogP contribution is 2.17. The van der Waals surface area contributed by atoms with Crippen LogP contribution in [0.2, 0.25) is 0 Å². The van der Waals surface area contributed by atoms with E-state index < -0.39 is 11.8 Å². The first-order valence-electron chi connectivity index (χ1n) is 5.71. The van der Waals surface area contributed by atoms with Gasteiger partial charge in [0.1, 0.15) is 0 Å². The van der Waals surface area contributed by atoms with E-state index in [1.165, 1.54) is 0 Å².